The molecule has 1 aromatic carbocycles. The van der Waals surface area contributed by atoms with E-state index < -0.39 is 0 Å². The summed E-state index contributed by atoms with van der Waals surface area (Å²) in [5, 5.41) is 1.03. The normalized spacial score (nSPS) is 20.1. The highest BCUT2D eigenvalue weighted by molar-refractivity contribution is 8.00. The van der Waals surface area contributed by atoms with E-state index in [0.717, 1.165) is 17.9 Å². The van der Waals surface area contributed by atoms with E-state index in [2.05, 4.69) is 6.92 Å². The Balaban J connectivity index is 1.99. The van der Waals surface area contributed by atoms with Gasteiger partial charge in [-0.1, -0.05) is 23.7 Å². The molecule has 0 bridgehead atoms. The minimum absolute atomic E-state index is 0.208. The smallest absolute Gasteiger partial charge is 0.227 e. The maximum Gasteiger partial charge on any atom is 0.227 e. The maximum absolute atomic E-state index is 12.0. The molecule has 0 saturated carbocycles. The van der Waals surface area contributed by atoms with Crippen molar-refractivity contribution in [1.82, 2.24) is 4.90 Å². The molecule has 0 aliphatic carbocycles. The highest BCUT2D eigenvalue weighted by atomic mass is 35.5. The molecule has 1 atom stereocenters. The lowest BCUT2D eigenvalue weighted by molar-refractivity contribution is -0.130. The van der Waals surface area contributed by atoms with Crippen molar-refractivity contribution in [3.05, 3.63) is 34.9 Å². The van der Waals surface area contributed by atoms with Crippen LogP contribution < -0.4 is 0 Å². The Morgan fingerprint density at radius 1 is 1.50 bits per heavy atom. The molecule has 2 rings (SSSR count). The van der Waals surface area contributed by atoms with Crippen LogP contribution in [0.15, 0.2) is 24.3 Å². The van der Waals surface area contributed by atoms with Crippen LogP contribution in [0.1, 0.15) is 12.5 Å². The summed E-state index contributed by atoms with van der Waals surface area (Å²) >= 11 is 7.63. The first kappa shape index (κ1) is 11.8. The summed E-state index contributed by atoms with van der Waals surface area (Å²) in [6.45, 7) is 2.95. The van der Waals surface area contributed by atoms with E-state index in [4.69, 9.17) is 11.6 Å². The molecule has 1 heterocycles. The molecule has 1 fully saturated rings. The topological polar surface area (TPSA) is 20.3 Å². The van der Waals surface area contributed by atoms with Crippen molar-refractivity contribution in [1.29, 1.82) is 0 Å². The van der Waals surface area contributed by atoms with Gasteiger partial charge in [0, 0.05) is 17.3 Å². The van der Waals surface area contributed by atoms with Gasteiger partial charge < -0.3 is 4.90 Å². The van der Waals surface area contributed by atoms with E-state index in [1.165, 1.54) is 0 Å². The Morgan fingerprint density at radius 2 is 2.19 bits per heavy atom. The van der Waals surface area contributed by atoms with Crippen LogP contribution in [0.2, 0.25) is 5.02 Å². The Hall–Kier alpha value is -0.670. The number of nitrogens with zero attached hydrogens (tertiary/aromatic N) is 1. The van der Waals surface area contributed by atoms with Gasteiger partial charge in [-0.05, 0) is 24.6 Å². The van der Waals surface area contributed by atoms with E-state index in [0.29, 0.717) is 16.8 Å². The molecular weight excluding hydrogens is 242 g/mol. The first-order valence-corrected chi connectivity index (χ1v) is 6.75. The molecule has 1 saturated heterocycles. The third-order valence-corrected chi connectivity index (χ3v) is 4.13. The zero-order chi connectivity index (χ0) is 11.5. The Kier molecular flexibility index (Phi) is 3.77. The van der Waals surface area contributed by atoms with Gasteiger partial charge in [-0.25, -0.2) is 0 Å². The zero-order valence-corrected chi connectivity index (χ0v) is 10.7. The predicted octanol–water partition coefficient (Wildman–Crippen LogP) is 2.80. The van der Waals surface area contributed by atoms with Crippen molar-refractivity contribution in [2.24, 2.45) is 0 Å². The van der Waals surface area contributed by atoms with Crippen molar-refractivity contribution in [3.8, 4) is 0 Å². The van der Waals surface area contributed by atoms with Crippen molar-refractivity contribution < 1.29 is 4.79 Å². The van der Waals surface area contributed by atoms with Crippen LogP contribution in [-0.4, -0.2) is 28.5 Å². The lowest BCUT2D eigenvalue weighted by Crippen LogP contribution is -2.34. The number of hydrogen-bond donors (Lipinski definition) is 0. The minimum atomic E-state index is 0.208. The molecule has 1 unspecified atom stereocenters. The summed E-state index contributed by atoms with van der Waals surface area (Å²) < 4.78 is 0. The fraction of sp³-hybridized carbons (Fsp3) is 0.417. The molecule has 1 amide bonds. The number of benzene rings is 1. The summed E-state index contributed by atoms with van der Waals surface area (Å²) in [4.78, 5) is 13.9. The van der Waals surface area contributed by atoms with Gasteiger partial charge in [-0.2, -0.15) is 0 Å². The maximum atomic E-state index is 12.0. The van der Waals surface area contributed by atoms with Gasteiger partial charge in [0.05, 0.1) is 11.8 Å². The first-order chi connectivity index (χ1) is 7.66. The van der Waals surface area contributed by atoms with Gasteiger partial charge in [0.1, 0.15) is 0 Å². The van der Waals surface area contributed by atoms with Crippen LogP contribution in [0.4, 0.5) is 0 Å². The summed E-state index contributed by atoms with van der Waals surface area (Å²) in [5.41, 5.74) is 1.03. The molecule has 0 N–H and O–H groups in total. The van der Waals surface area contributed by atoms with Crippen LogP contribution in [0, 0.1) is 0 Å². The van der Waals surface area contributed by atoms with Gasteiger partial charge in [0.15, 0.2) is 0 Å². The van der Waals surface area contributed by atoms with Crippen molar-refractivity contribution >= 4 is 29.3 Å². The number of amides is 1. The second-order valence-corrected chi connectivity index (χ2v) is 5.72. The summed E-state index contributed by atoms with van der Waals surface area (Å²) in [5.74, 6) is 1.26. The lowest BCUT2D eigenvalue weighted by atomic mass is 10.1. The molecule has 1 aromatic rings. The molecule has 0 spiro atoms. The standard InChI is InChI=1S/C12H14ClNOS/c1-9-14(6-7-16-9)12(15)8-10-2-4-11(13)5-3-10/h2-5,9H,6-8H2,1H3. The molecular formula is C12H14ClNOS. The van der Waals surface area contributed by atoms with Gasteiger partial charge in [0.2, 0.25) is 5.91 Å². The average Bonchev–Trinajstić information content (AvgIpc) is 2.68. The predicted molar refractivity (Wildman–Crippen MR) is 68.8 cm³/mol. The SMILES string of the molecule is CC1SCCN1C(=O)Cc1ccc(Cl)cc1. The first-order valence-electron chi connectivity index (χ1n) is 5.32. The summed E-state index contributed by atoms with van der Waals surface area (Å²) in [6.07, 6.45) is 0.474. The van der Waals surface area contributed by atoms with Crippen molar-refractivity contribution in [2.45, 2.75) is 18.7 Å². The van der Waals surface area contributed by atoms with Crippen LogP contribution in [0.3, 0.4) is 0 Å². The van der Waals surface area contributed by atoms with Crippen LogP contribution >= 0.6 is 23.4 Å². The Bertz CT molecular complexity index is 379. The number of carbonyl (C=O) groups is 1. The van der Waals surface area contributed by atoms with Crippen LogP contribution in [-0.2, 0) is 11.2 Å². The molecule has 1 aliphatic heterocycles. The molecule has 86 valence electrons. The van der Waals surface area contributed by atoms with Crippen LogP contribution in [0.25, 0.3) is 0 Å². The van der Waals surface area contributed by atoms with Crippen LogP contribution in [0.5, 0.6) is 0 Å². The Labute approximate surface area is 105 Å². The fourth-order valence-corrected chi connectivity index (χ4v) is 2.97. The second kappa shape index (κ2) is 5.11. The largest absolute Gasteiger partial charge is 0.330 e. The summed E-state index contributed by atoms with van der Waals surface area (Å²) in [7, 11) is 0. The van der Waals surface area contributed by atoms with Gasteiger partial charge in [-0.3, -0.25) is 4.79 Å². The highest BCUT2D eigenvalue weighted by Gasteiger charge is 2.25. The minimum Gasteiger partial charge on any atom is -0.330 e. The molecule has 16 heavy (non-hydrogen) atoms. The number of hydrogen-bond acceptors (Lipinski definition) is 2. The van der Waals surface area contributed by atoms with E-state index in [9.17, 15) is 4.79 Å². The summed E-state index contributed by atoms with van der Waals surface area (Å²) in [6, 6.07) is 7.47. The van der Waals surface area contributed by atoms with Gasteiger partial charge in [0.25, 0.3) is 0 Å². The highest BCUT2D eigenvalue weighted by Crippen LogP contribution is 2.23. The van der Waals surface area contributed by atoms with E-state index in [1.807, 2.05) is 40.9 Å². The molecule has 0 aromatic heterocycles. The number of carbonyl (C=O) groups excluding carboxylic acids is 1. The zero-order valence-electron chi connectivity index (χ0n) is 9.15. The van der Waals surface area contributed by atoms with Gasteiger partial charge >= 0.3 is 0 Å². The fourth-order valence-electron chi connectivity index (χ4n) is 1.80. The van der Waals surface area contributed by atoms with E-state index >= 15 is 0 Å². The third-order valence-electron chi connectivity index (χ3n) is 2.72. The Morgan fingerprint density at radius 3 is 2.75 bits per heavy atom. The lowest BCUT2D eigenvalue weighted by Gasteiger charge is -2.20. The third kappa shape index (κ3) is 2.71. The van der Waals surface area contributed by atoms with Crippen molar-refractivity contribution in [3.63, 3.8) is 0 Å². The monoisotopic (exact) mass is 255 g/mol. The number of halogens is 1. The number of thioether (sulfide) groups is 1. The average molecular weight is 256 g/mol. The molecule has 4 heteroatoms. The molecule has 1 aliphatic rings. The quantitative estimate of drug-likeness (QED) is 0.810. The second-order valence-electron chi connectivity index (χ2n) is 3.86. The molecule has 0 radical (unpaired) electrons. The molecule has 2 nitrogen and oxygen atoms in total. The number of rotatable bonds is 2. The van der Waals surface area contributed by atoms with Crippen molar-refractivity contribution in [2.75, 3.05) is 12.3 Å². The van der Waals surface area contributed by atoms with E-state index in [-0.39, 0.29) is 5.91 Å². The van der Waals surface area contributed by atoms with E-state index in [1.54, 1.807) is 0 Å². The van der Waals surface area contributed by atoms with Gasteiger partial charge in [-0.15, -0.1) is 11.8 Å².